The lowest BCUT2D eigenvalue weighted by molar-refractivity contribution is 0.281. The van der Waals surface area contributed by atoms with Crippen LogP contribution in [0.3, 0.4) is 0 Å². The Morgan fingerprint density at radius 2 is 2.15 bits per heavy atom. The number of rotatable bonds is 4. The molecule has 1 fully saturated rings. The molecule has 1 saturated carbocycles. The summed E-state index contributed by atoms with van der Waals surface area (Å²) in [6.07, 6.45) is 2.74. The first-order valence-electron chi connectivity index (χ1n) is 6.65. The van der Waals surface area contributed by atoms with Crippen LogP contribution >= 0.6 is 15.9 Å². The number of nitrogens with one attached hydrogen (secondary N) is 1. The summed E-state index contributed by atoms with van der Waals surface area (Å²) in [5.74, 6) is 0. The smallest absolute Gasteiger partial charge is 0.241 e. The van der Waals surface area contributed by atoms with E-state index in [1.165, 1.54) is 6.07 Å². The largest absolute Gasteiger partial charge is 0.392 e. The number of hydrogen-bond acceptors (Lipinski definition) is 3. The van der Waals surface area contributed by atoms with Crippen molar-refractivity contribution in [3.8, 4) is 0 Å². The monoisotopic (exact) mass is 361 g/mol. The van der Waals surface area contributed by atoms with E-state index in [4.69, 9.17) is 5.11 Å². The lowest BCUT2D eigenvalue weighted by Gasteiger charge is -2.18. The van der Waals surface area contributed by atoms with Gasteiger partial charge < -0.3 is 5.11 Å². The van der Waals surface area contributed by atoms with Gasteiger partial charge in [0.2, 0.25) is 10.0 Å². The number of benzene rings is 1. The van der Waals surface area contributed by atoms with E-state index in [1.807, 2.05) is 0 Å². The highest BCUT2D eigenvalue weighted by Gasteiger charge is 2.33. The van der Waals surface area contributed by atoms with Crippen LogP contribution in [0.4, 0.5) is 0 Å². The molecule has 0 aromatic heterocycles. The Morgan fingerprint density at radius 3 is 2.70 bits per heavy atom. The molecule has 1 aliphatic rings. The summed E-state index contributed by atoms with van der Waals surface area (Å²) in [7, 11) is -3.57. The summed E-state index contributed by atoms with van der Waals surface area (Å²) >= 11 is 3.27. The summed E-state index contributed by atoms with van der Waals surface area (Å²) in [5.41, 5.74) is 0.775. The Morgan fingerprint density at radius 1 is 1.45 bits per heavy atom. The number of aliphatic hydroxyl groups is 1. The number of aliphatic hydroxyl groups excluding tert-OH is 1. The van der Waals surface area contributed by atoms with Gasteiger partial charge in [0.05, 0.1) is 11.5 Å². The number of hydrogen-bond donors (Lipinski definition) is 2. The van der Waals surface area contributed by atoms with Crippen molar-refractivity contribution >= 4 is 26.0 Å². The van der Waals surface area contributed by atoms with E-state index in [0.717, 1.165) is 19.3 Å². The third kappa shape index (κ3) is 3.61. The molecular formula is C14H20BrNO3S. The number of sulfonamides is 1. The van der Waals surface area contributed by atoms with Crippen LogP contribution in [0.25, 0.3) is 0 Å². The third-order valence-corrected chi connectivity index (χ3v) is 6.27. The van der Waals surface area contributed by atoms with Crippen LogP contribution in [-0.4, -0.2) is 19.6 Å². The first-order chi connectivity index (χ1) is 9.23. The van der Waals surface area contributed by atoms with Crippen LogP contribution < -0.4 is 4.72 Å². The van der Waals surface area contributed by atoms with Crippen molar-refractivity contribution in [2.75, 3.05) is 0 Å². The van der Waals surface area contributed by atoms with E-state index in [1.54, 1.807) is 12.1 Å². The van der Waals surface area contributed by atoms with Crippen molar-refractivity contribution in [1.29, 1.82) is 0 Å². The maximum absolute atomic E-state index is 12.5. The highest BCUT2D eigenvalue weighted by Crippen LogP contribution is 2.37. The predicted molar refractivity (Wildman–Crippen MR) is 81.8 cm³/mol. The van der Waals surface area contributed by atoms with E-state index < -0.39 is 10.0 Å². The summed E-state index contributed by atoms with van der Waals surface area (Å²) in [5, 5.41) is 9.14. The third-order valence-electron chi connectivity index (χ3n) is 3.76. The molecule has 20 heavy (non-hydrogen) atoms. The van der Waals surface area contributed by atoms with Crippen LogP contribution in [-0.2, 0) is 16.6 Å². The Kier molecular flexibility index (Phi) is 4.59. The molecule has 0 radical (unpaired) electrons. The zero-order chi connectivity index (χ0) is 15.0. The fourth-order valence-corrected chi connectivity index (χ4v) is 4.96. The number of halogens is 1. The summed E-state index contributed by atoms with van der Waals surface area (Å²) in [6, 6.07) is 4.84. The zero-order valence-electron chi connectivity index (χ0n) is 11.7. The molecule has 2 N–H and O–H groups in total. The average molecular weight is 362 g/mol. The molecule has 0 heterocycles. The van der Waals surface area contributed by atoms with Crippen molar-refractivity contribution in [3.63, 3.8) is 0 Å². The minimum absolute atomic E-state index is 0.0142. The van der Waals surface area contributed by atoms with Crippen molar-refractivity contribution in [2.24, 2.45) is 5.41 Å². The van der Waals surface area contributed by atoms with Gasteiger partial charge in [0, 0.05) is 10.5 Å². The fraction of sp³-hybridized carbons (Fsp3) is 0.571. The second-order valence-corrected chi connectivity index (χ2v) is 8.68. The second-order valence-electron chi connectivity index (χ2n) is 6.15. The van der Waals surface area contributed by atoms with E-state index in [9.17, 15) is 8.42 Å². The van der Waals surface area contributed by atoms with Crippen LogP contribution in [0.1, 0.15) is 38.7 Å². The van der Waals surface area contributed by atoms with Crippen LogP contribution in [0.2, 0.25) is 0 Å². The van der Waals surface area contributed by atoms with E-state index in [0.29, 0.717) is 10.0 Å². The van der Waals surface area contributed by atoms with Gasteiger partial charge in [-0.25, -0.2) is 13.1 Å². The normalized spacial score (nSPS) is 22.1. The van der Waals surface area contributed by atoms with Crippen molar-refractivity contribution < 1.29 is 13.5 Å². The lowest BCUT2D eigenvalue weighted by atomic mass is 9.92. The fourth-order valence-electron chi connectivity index (χ4n) is 2.67. The molecule has 0 amide bonds. The van der Waals surface area contributed by atoms with Gasteiger partial charge in [-0.1, -0.05) is 19.9 Å². The standard InChI is InChI=1S/C14H20BrNO3S/c1-14(2)6-5-11(8-14)16-20(18,19)13-7-10(9-17)3-4-12(13)15/h3-4,7,11,16-17H,5-6,8-9H2,1-2H3. The summed E-state index contributed by atoms with van der Waals surface area (Å²) in [6.45, 7) is 4.14. The summed E-state index contributed by atoms with van der Waals surface area (Å²) < 4.78 is 28.2. The molecule has 6 heteroatoms. The van der Waals surface area contributed by atoms with Gasteiger partial charge in [0.15, 0.2) is 0 Å². The molecule has 0 saturated heterocycles. The molecule has 2 rings (SSSR count). The summed E-state index contributed by atoms with van der Waals surface area (Å²) in [4.78, 5) is 0.189. The average Bonchev–Trinajstić information content (AvgIpc) is 2.68. The van der Waals surface area contributed by atoms with Gasteiger partial charge in [0.1, 0.15) is 0 Å². The van der Waals surface area contributed by atoms with Gasteiger partial charge in [-0.15, -0.1) is 0 Å². The Bertz CT molecular complexity index is 598. The minimum Gasteiger partial charge on any atom is -0.392 e. The first-order valence-corrected chi connectivity index (χ1v) is 8.93. The highest BCUT2D eigenvalue weighted by atomic mass is 79.9. The van der Waals surface area contributed by atoms with Gasteiger partial charge in [-0.2, -0.15) is 0 Å². The van der Waals surface area contributed by atoms with Crippen molar-refractivity contribution in [1.82, 2.24) is 4.72 Å². The van der Waals surface area contributed by atoms with Crippen LogP contribution in [0.15, 0.2) is 27.6 Å². The first kappa shape index (κ1) is 15.9. The van der Waals surface area contributed by atoms with Crippen LogP contribution in [0, 0.1) is 5.41 Å². The molecule has 1 atom stereocenters. The maximum atomic E-state index is 12.5. The van der Waals surface area contributed by atoms with E-state index in [-0.39, 0.29) is 23.0 Å². The molecule has 1 aromatic carbocycles. The van der Waals surface area contributed by atoms with E-state index >= 15 is 0 Å². The topological polar surface area (TPSA) is 66.4 Å². The molecule has 1 aromatic rings. The van der Waals surface area contributed by atoms with E-state index in [2.05, 4.69) is 34.5 Å². The Labute approximate surface area is 128 Å². The van der Waals surface area contributed by atoms with Crippen molar-refractivity contribution in [2.45, 2.75) is 50.7 Å². The molecule has 0 aliphatic heterocycles. The van der Waals surface area contributed by atoms with Gasteiger partial charge >= 0.3 is 0 Å². The molecule has 0 bridgehead atoms. The molecule has 1 unspecified atom stereocenters. The zero-order valence-corrected chi connectivity index (χ0v) is 14.1. The SMILES string of the molecule is CC1(C)CCC(NS(=O)(=O)c2cc(CO)ccc2Br)C1. The Hall–Kier alpha value is -0.430. The molecular weight excluding hydrogens is 342 g/mol. The quantitative estimate of drug-likeness (QED) is 0.866. The second kappa shape index (κ2) is 5.75. The molecule has 112 valence electrons. The molecule has 0 spiro atoms. The van der Waals surface area contributed by atoms with Crippen molar-refractivity contribution in [3.05, 3.63) is 28.2 Å². The van der Waals surface area contributed by atoms with Gasteiger partial charge in [-0.3, -0.25) is 0 Å². The Balaban J connectivity index is 2.23. The molecule has 4 nitrogen and oxygen atoms in total. The predicted octanol–water partition coefficient (Wildman–Crippen LogP) is 2.80. The van der Waals surface area contributed by atoms with Gasteiger partial charge in [-0.05, 0) is 58.3 Å². The lowest BCUT2D eigenvalue weighted by Crippen LogP contribution is -2.33. The minimum atomic E-state index is -3.57. The highest BCUT2D eigenvalue weighted by molar-refractivity contribution is 9.10. The van der Waals surface area contributed by atoms with Crippen LogP contribution in [0.5, 0.6) is 0 Å². The molecule has 1 aliphatic carbocycles. The maximum Gasteiger partial charge on any atom is 0.241 e. The van der Waals surface area contributed by atoms with Gasteiger partial charge in [0.25, 0.3) is 0 Å².